The molecule has 1 N–H and O–H groups in total. The number of amides is 2. The molecule has 8 heteroatoms. The molecule has 2 aromatic rings. The smallest absolute Gasteiger partial charge is 0.416 e. The third-order valence-electron chi connectivity index (χ3n) is 3.97. The normalized spacial score (nSPS) is 17.8. The van der Waals surface area contributed by atoms with E-state index in [0.29, 0.717) is 5.76 Å². The van der Waals surface area contributed by atoms with Gasteiger partial charge in [-0.1, -0.05) is 6.07 Å². The first kappa shape index (κ1) is 17.1. The monoisotopic (exact) mass is 352 g/mol. The molecule has 1 atom stereocenters. The van der Waals surface area contributed by atoms with Crippen LogP contribution in [0.25, 0.3) is 0 Å². The maximum absolute atomic E-state index is 12.7. The van der Waals surface area contributed by atoms with Gasteiger partial charge in [0.2, 0.25) is 11.8 Å². The summed E-state index contributed by atoms with van der Waals surface area (Å²) in [6.45, 7) is 0.462. The first-order valence-electron chi connectivity index (χ1n) is 7.61. The minimum Gasteiger partial charge on any atom is -0.467 e. The molecule has 25 heavy (non-hydrogen) atoms. The molecular weight excluding hydrogens is 337 g/mol. The van der Waals surface area contributed by atoms with Gasteiger partial charge in [-0.3, -0.25) is 9.59 Å². The molecule has 0 saturated carbocycles. The van der Waals surface area contributed by atoms with Gasteiger partial charge in [-0.15, -0.1) is 0 Å². The molecule has 1 saturated heterocycles. The summed E-state index contributed by atoms with van der Waals surface area (Å²) in [7, 11) is 0. The second-order valence-electron chi connectivity index (χ2n) is 5.82. The van der Waals surface area contributed by atoms with Crippen molar-refractivity contribution in [1.29, 1.82) is 0 Å². The lowest BCUT2D eigenvalue weighted by atomic mass is 10.1. The van der Waals surface area contributed by atoms with E-state index in [2.05, 4.69) is 5.32 Å². The summed E-state index contributed by atoms with van der Waals surface area (Å²) in [5.74, 6) is -0.681. The number of hydrogen-bond donors (Lipinski definition) is 1. The van der Waals surface area contributed by atoms with Crippen LogP contribution in [0, 0.1) is 5.92 Å². The highest BCUT2D eigenvalue weighted by Gasteiger charge is 2.35. The zero-order valence-electron chi connectivity index (χ0n) is 13.0. The number of hydrogen-bond acceptors (Lipinski definition) is 3. The number of halogens is 3. The van der Waals surface area contributed by atoms with E-state index in [9.17, 15) is 22.8 Å². The Labute approximate surface area is 141 Å². The van der Waals surface area contributed by atoms with Crippen LogP contribution in [0.3, 0.4) is 0 Å². The molecule has 2 heterocycles. The second-order valence-corrected chi connectivity index (χ2v) is 5.82. The van der Waals surface area contributed by atoms with E-state index >= 15 is 0 Å². The zero-order valence-corrected chi connectivity index (χ0v) is 13.0. The molecule has 1 fully saturated rings. The van der Waals surface area contributed by atoms with Crippen LogP contribution in [0.1, 0.15) is 17.7 Å². The molecule has 2 amide bonds. The highest BCUT2D eigenvalue weighted by atomic mass is 19.4. The van der Waals surface area contributed by atoms with E-state index in [1.54, 1.807) is 12.1 Å². The number of alkyl halides is 3. The summed E-state index contributed by atoms with van der Waals surface area (Å²) in [6.07, 6.45) is -2.97. The summed E-state index contributed by atoms with van der Waals surface area (Å²) < 4.78 is 43.3. The number of nitrogens with one attached hydrogen (secondary N) is 1. The fourth-order valence-corrected chi connectivity index (χ4v) is 2.71. The lowest BCUT2D eigenvalue weighted by Crippen LogP contribution is -2.28. The van der Waals surface area contributed by atoms with E-state index in [0.717, 1.165) is 12.1 Å². The van der Waals surface area contributed by atoms with Crippen LogP contribution in [0.15, 0.2) is 47.1 Å². The van der Waals surface area contributed by atoms with Gasteiger partial charge >= 0.3 is 6.18 Å². The Hall–Kier alpha value is -2.77. The zero-order chi connectivity index (χ0) is 18.0. The molecule has 1 aliphatic heterocycles. The SMILES string of the molecule is O=C(Nc1cccc(C(F)(F)F)c1)C1CC(=O)N(Cc2ccco2)C1. The van der Waals surface area contributed by atoms with Crippen LogP contribution in [-0.4, -0.2) is 23.3 Å². The number of anilines is 1. The van der Waals surface area contributed by atoms with Crippen molar-refractivity contribution in [2.45, 2.75) is 19.1 Å². The van der Waals surface area contributed by atoms with Gasteiger partial charge in [-0.25, -0.2) is 0 Å². The third kappa shape index (κ3) is 4.01. The Kier molecular flexibility index (Phi) is 4.52. The quantitative estimate of drug-likeness (QED) is 0.918. The van der Waals surface area contributed by atoms with Crippen LogP contribution >= 0.6 is 0 Å². The number of likely N-dealkylation sites (tertiary alicyclic amines) is 1. The Morgan fingerprint density at radius 3 is 2.76 bits per heavy atom. The van der Waals surface area contributed by atoms with E-state index in [1.165, 1.54) is 23.3 Å². The highest BCUT2D eigenvalue weighted by Crippen LogP contribution is 2.31. The van der Waals surface area contributed by atoms with Crippen molar-refractivity contribution < 1.29 is 27.2 Å². The molecule has 132 valence electrons. The third-order valence-corrected chi connectivity index (χ3v) is 3.97. The van der Waals surface area contributed by atoms with Crippen molar-refractivity contribution in [2.75, 3.05) is 11.9 Å². The lowest BCUT2D eigenvalue weighted by Gasteiger charge is -2.15. The van der Waals surface area contributed by atoms with Gasteiger partial charge in [0.1, 0.15) is 5.76 Å². The standard InChI is InChI=1S/C17H15F3N2O3/c18-17(19,20)12-3-1-4-13(8-12)21-16(24)11-7-15(23)22(9-11)10-14-5-2-6-25-14/h1-6,8,11H,7,9-10H2,(H,21,24). The molecule has 0 spiro atoms. The van der Waals surface area contributed by atoms with Gasteiger partial charge < -0.3 is 14.6 Å². The molecule has 3 rings (SSSR count). The Morgan fingerprint density at radius 2 is 2.08 bits per heavy atom. The number of benzene rings is 1. The van der Waals surface area contributed by atoms with Gasteiger partial charge in [-0.05, 0) is 30.3 Å². The molecule has 0 bridgehead atoms. The first-order chi connectivity index (χ1) is 11.8. The number of nitrogens with zero attached hydrogens (tertiary/aromatic N) is 1. The molecule has 1 unspecified atom stereocenters. The molecule has 1 aliphatic rings. The number of carbonyl (C=O) groups is 2. The topological polar surface area (TPSA) is 62.6 Å². The van der Waals surface area contributed by atoms with Crippen molar-refractivity contribution in [3.63, 3.8) is 0 Å². The lowest BCUT2D eigenvalue weighted by molar-refractivity contribution is -0.137. The van der Waals surface area contributed by atoms with Gasteiger partial charge in [0, 0.05) is 18.7 Å². The largest absolute Gasteiger partial charge is 0.467 e. The first-order valence-corrected chi connectivity index (χ1v) is 7.61. The Balaban J connectivity index is 1.63. The predicted octanol–water partition coefficient (Wildman–Crippen LogP) is 3.29. The molecule has 1 aromatic heterocycles. The van der Waals surface area contributed by atoms with Crippen molar-refractivity contribution in [1.82, 2.24) is 4.90 Å². The number of carbonyl (C=O) groups excluding carboxylic acids is 2. The highest BCUT2D eigenvalue weighted by molar-refractivity contribution is 5.97. The van der Waals surface area contributed by atoms with Crippen molar-refractivity contribution >= 4 is 17.5 Å². The van der Waals surface area contributed by atoms with Crippen LogP contribution in [0.5, 0.6) is 0 Å². The predicted molar refractivity (Wildman–Crippen MR) is 82.3 cm³/mol. The Bertz CT molecular complexity index is 772. The minimum absolute atomic E-state index is 0.0193. The van der Waals surface area contributed by atoms with Crippen molar-refractivity contribution in [3.8, 4) is 0 Å². The van der Waals surface area contributed by atoms with Crippen LogP contribution in [0.2, 0.25) is 0 Å². The van der Waals surface area contributed by atoms with Crippen molar-refractivity contribution in [3.05, 3.63) is 54.0 Å². The molecular formula is C17H15F3N2O3. The fraction of sp³-hybridized carbons (Fsp3) is 0.294. The summed E-state index contributed by atoms with van der Waals surface area (Å²) >= 11 is 0. The summed E-state index contributed by atoms with van der Waals surface area (Å²) in [5.41, 5.74) is -0.788. The molecule has 0 aliphatic carbocycles. The van der Waals surface area contributed by atoms with E-state index in [-0.39, 0.29) is 31.1 Å². The molecule has 0 radical (unpaired) electrons. The van der Waals surface area contributed by atoms with Crippen molar-refractivity contribution in [2.24, 2.45) is 5.92 Å². The summed E-state index contributed by atoms with van der Waals surface area (Å²) in [4.78, 5) is 25.8. The van der Waals surface area contributed by atoms with E-state index in [4.69, 9.17) is 4.42 Å². The van der Waals surface area contributed by atoms with E-state index in [1.807, 2.05) is 0 Å². The van der Waals surface area contributed by atoms with Gasteiger partial charge in [-0.2, -0.15) is 13.2 Å². The molecule has 5 nitrogen and oxygen atoms in total. The number of rotatable bonds is 4. The maximum atomic E-state index is 12.7. The van der Waals surface area contributed by atoms with Crippen LogP contribution in [-0.2, 0) is 22.3 Å². The molecule has 1 aromatic carbocycles. The van der Waals surface area contributed by atoms with Gasteiger partial charge in [0.15, 0.2) is 0 Å². The second kappa shape index (κ2) is 6.62. The van der Waals surface area contributed by atoms with Crippen LogP contribution in [0.4, 0.5) is 18.9 Å². The maximum Gasteiger partial charge on any atom is 0.416 e. The summed E-state index contributed by atoms with van der Waals surface area (Å²) in [6, 6.07) is 7.83. The summed E-state index contributed by atoms with van der Waals surface area (Å²) in [5, 5.41) is 2.46. The van der Waals surface area contributed by atoms with Crippen LogP contribution < -0.4 is 5.32 Å². The van der Waals surface area contributed by atoms with E-state index < -0.39 is 23.6 Å². The Morgan fingerprint density at radius 1 is 1.28 bits per heavy atom. The van der Waals surface area contributed by atoms with Gasteiger partial charge in [0.05, 0.1) is 24.3 Å². The fourth-order valence-electron chi connectivity index (χ4n) is 2.71. The average Bonchev–Trinajstić information content (AvgIpc) is 3.18. The number of furan rings is 1. The average molecular weight is 352 g/mol. The minimum atomic E-state index is -4.48. The van der Waals surface area contributed by atoms with Gasteiger partial charge in [0.25, 0.3) is 0 Å².